The molecule has 0 unspecified atom stereocenters. The summed E-state index contributed by atoms with van der Waals surface area (Å²) < 4.78 is 10.5. The molecule has 3 rings (SSSR count). The number of rotatable bonds is 4. The molecule has 0 spiro atoms. The van der Waals surface area contributed by atoms with Crippen molar-refractivity contribution in [3.63, 3.8) is 0 Å². The van der Waals surface area contributed by atoms with Crippen LogP contribution in [0.25, 0.3) is 22.4 Å². The summed E-state index contributed by atoms with van der Waals surface area (Å²) >= 11 is 0. The summed E-state index contributed by atoms with van der Waals surface area (Å²) in [7, 11) is 0. The predicted molar refractivity (Wildman–Crippen MR) is 86.0 cm³/mol. The van der Waals surface area contributed by atoms with Crippen LogP contribution >= 0.6 is 0 Å². The van der Waals surface area contributed by atoms with Crippen molar-refractivity contribution >= 4 is 23.1 Å². The van der Waals surface area contributed by atoms with E-state index < -0.39 is 5.97 Å². The van der Waals surface area contributed by atoms with Gasteiger partial charge < -0.3 is 25.0 Å². The zero-order chi connectivity index (χ0) is 15.7. The molecule has 0 radical (unpaired) electrons. The van der Waals surface area contributed by atoms with Crippen LogP contribution in [0.4, 0.5) is 0 Å². The molecular formula is C16H17N3O4. The lowest BCUT2D eigenvalue weighted by atomic mass is 10.1. The minimum atomic E-state index is -0.512. The summed E-state index contributed by atoms with van der Waals surface area (Å²) in [6.45, 7) is 3.73. The van der Waals surface area contributed by atoms with Gasteiger partial charge in [-0.3, -0.25) is 0 Å². The molecule has 2 heterocycles. The van der Waals surface area contributed by atoms with Crippen LogP contribution < -0.4 is 0 Å². The number of benzene rings is 1. The molecule has 3 aromatic rings. The van der Waals surface area contributed by atoms with Crippen LogP contribution in [0.5, 0.6) is 0 Å². The van der Waals surface area contributed by atoms with Crippen LogP contribution in [0.3, 0.4) is 0 Å². The van der Waals surface area contributed by atoms with Gasteiger partial charge in [-0.25, -0.2) is 9.78 Å². The summed E-state index contributed by atoms with van der Waals surface area (Å²) in [4.78, 5) is 19.2. The largest absolute Gasteiger partial charge is 0.460 e. The molecule has 0 aliphatic carbocycles. The number of nitrogens with zero attached hydrogens (tertiary/aromatic N) is 1. The lowest BCUT2D eigenvalue weighted by Gasteiger charge is -1.98. The number of hydrogen-bond acceptors (Lipinski definition) is 5. The Morgan fingerprint density at radius 1 is 1.48 bits per heavy atom. The van der Waals surface area contributed by atoms with Crippen molar-refractivity contribution in [3.8, 4) is 11.5 Å². The van der Waals surface area contributed by atoms with Crippen LogP contribution in [0.2, 0.25) is 0 Å². The number of hydrogen-bond donors (Lipinski definition) is 2. The Bertz CT molecular complexity index is 863. The van der Waals surface area contributed by atoms with E-state index in [0.717, 1.165) is 22.0 Å². The Kier molecular flexibility index (Phi) is 4.61. The van der Waals surface area contributed by atoms with E-state index >= 15 is 0 Å². The Labute approximate surface area is 132 Å². The van der Waals surface area contributed by atoms with Gasteiger partial charge in [-0.1, -0.05) is 0 Å². The number of carbonyl (C=O) groups is 1. The second-order valence-electron chi connectivity index (χ2n) is 4.80. The Morgan fingerprint density at radius 2 is 2.26 bits per heavy atom. The Balaban J connectivity index is 0.00000192. The molecule has 0 aliphatic heterocycles. The fraction of sp³-hybridized carbons (Fsp3) is 0.188. The van der Waals surface area contributed by atoms with E-state index in [2.05, 4.69) is 9.97 Å². The number of H-pyrrole nitrogens is 1. The third kappa shape index (κ3) is 2.86. The standard InChI is InChI=1S/C16H15N3O3.H2O/c1-3-21-16(20)14-9(2)19-15(22-14)10-4-5-13-12(6-10)11(7-17)8-18-13;/h4-8,17-18H,3H2,1-2H3;1H2. The second kappa shape index (κ2) is 6.45. The first kappa shape index (κ1) is 16.4. The average molecular weight is 315 g/mol. The highest BCUT2D eigenvalue weighted by molar-refractivity contribution is 5.99. The highest BCUT2D eigenvalue weighted by Crippen LogP contribution is 2.27. The molecule has 0 saturated carbocycles. The Hall–Kier alpha value is -2.93. The zero-order valence-electron chi connectivity index (χ0n) is 12.8. The first-order chi connectivity index (χ1) is 10.6. The van der Waals surface area contributed by atoms with Gasteiger partial charge in [0, 0.05) is 34.4 Å². The first-order valence-electron chi connectivity index (χ1n) is 6.90. The third-order valence-corrected chi connectivity index (χ3v) is 3.37. The molecule has 23 heavy (non-hydrogen) atoms. The van der Waals surface area contributed by atoms with E-state index in [1.165, 1.54) is 6.21 Å². The molecule has 4 N–H and O–H groups in total. The maximum atomic E-state index is 11.8. The number of nitrogens with one attached hydrogen (secondary N) is 2. The lowest BCUT2D eigenvalue weighted by Crippen LogP contribution is -2.04. The number of aromatic amines is 1. The van der Waals surface area contributed by atoms with Gasteiger partial charge in [0.2, 0.25) is 11.7 Å². The number of fused-ring (bicyclic) bond motifs is 1. The van der Waals surface area contributed by atoms with E-state index in [1.54, 1.807) is 20.0 Å². The van der Waals surface area contributed by atoms with Crippen LogP contribution in [0.15, 0.2) is 28.8 Å². The molecule has 1 aromatic carbocycles. The van der Waals surface area contributed by atoms with Crippen molar-refractivity contribution in [3.05, 3.63) is 41.4 Å². The summed E-state index contributed by atoms with van der Waals surface area (Å²) in [6, 6.07) is 5.63. The molecule has 0 fully saturated rings. The minimum Gasteiger partial charge on any atom is -0.460 e. The fourth-order valence-electron chi connectivity index (χ4n) is 2.30. The van der Waals surface area contributed by atoms with Gasteiger partial charge in [0.25, 0.3) is 0 Å². The number of oxazole rings is 1. The molecule has 7 nitrogen and oxygen atoms in total. The molecule has 0 saturated heterocycles. The van der Waals surface area contributed by atoms with Crippen molar-refractivity contribution in [1.29, 1.82) is 5.41 Å². The molecule has 120 valence electrons. The van der Waals surface area contributed by atoms with Crippen LogP contribution in [0, 0.1) is 12.3 Å². The van der Waals surface area contributed by atoms with Crippen molar-refractivity contribution in [2.45, 2.75) is 13.8 Å². The van der Waals surface area contributed by atoms with Crippen molar-refractivity contribution in [2.75, 3.05) is 6.61 Å². The number of aromatic nitrogens is 2. The van der Waals surface area contributed by atoms with Gasteiger partial charge in [0.05, 0.1) is 12.3 Å². The quantitative estimate of drug-likeness (QED) is 0.567. The maximum absolute atomic E-state index is 11.8. The van der Waals surface area contributed by atoms with Gasteiger partial charge in [0.15, 0.2) is 0 Å². The normalized spacial score (nSPS) is 10.3. The third-order valence-electron chi connectivity index (χ3n) is 3.37. The van der Waals surface area contributed by atoms with Gasteiger partial charge in [-0.15, -0.1) is 0 Å². The molecule has 0 amide bonds. The van der Waals surface area contributed by atoms with Crippen LogP contribution in [-0.4, -0.2) is 34.2 Å². The zero-order valence-corrected chi connectivity index (χ0v) is 12.8. The molecular weight excluding hydrogens is 298 g/mol. The summed E-state index contributed by atoms with van der Waals surface area (Å²) in [5.41, 5.74) is 2.95. The van der Waals surface area contributed by atoms with Crippen LogP contribution in [0.1, 0.15) is 28.7 Å². The number of ether oxygens (including phenoxy) is 1. The van der Waals surface area contributed by atoms with E-state index in [0.29, 0.717) is 11.6 Å². The Morgan fingerprint density at radius 3 is 2.96 bits per heavy atom. The van der Waals surface area contributed by atoms with Gasteiger partial charge in [0.1, 0.15) is 0 Å². The lowest BCUT2D eigenvalue weighted by molar-refractivity contribution is 0.0490. The first-order valence-corrected chi connectivity index (χ1v) is 6.90. The molecule has 0 aliphatic rings. The molecule has 2 aromatic heterocycles. The number of aryl methyl sites for hydroxylation is 1. The summed E-state index contributed by atoms with van der Waals surface area (Å²) in [5, 5.41) is 8.32. The molecule has 7 heteroatoms. The number of esters is 1. The topological polar surface area (TPSA) is 123 Å². The van der Waals surface area contributed by atoms with E-state index in [-0.39, 0.29) is 17.8 Å². The van der Waals surface area contributed by atoms with Crippen molar-refractivity contribution in [2.24, 2.45) is 0 Å². The smallest absolute Gasteiger partial charge is 0.376 e. The highest BCUT2D eigenvalue weighted by Gasteiger charge is 2.19. The summed E-state index contributed by atoms with van der Waals surface area (Å²) in [5.74, 6) is -0.0282. The minimum absolute atomic E-state index is 0. The monoisotopic (exact) mass is 315 g/mol. The van der Waals surface area contributed by atoms with Crippen molar-refractivity contribution in [1.82, 2.24) is 9.97 Å². The molecule has 0 bridgehead atoms. The van der Waals surface area contributed by atoms with Gasteiger partial charge >= 0.3 is 5.97 Å². The van der Waals surface area contributed by atoms with Gasteiger partial charge in [-0.2, -0.15) is 0 Å². The van der Waals surface area contributed by atoms with Crippen LogP contribution in [-0.2, 0) is 4.74 Å². The highest BCUT2D eigenvalue weighted by atomic mass is 16.5. The maximum Gasteiger partial charge on any atom is 0.376 e. The average Bonchev–Trinajstić information content (AvgIpc) is 3.10. The van der Waals surface area contributed by atoms with E-state index in [1.807, 2.05) is 18.2 Å². The number of carbonyl (C=O) groups excluding carboxylic acids is 1. The van der Waals surface area contributed by atoms with Gasteiger partial charge in [-0.05, 0) is 32.0 Å². The summed E-state index contributed by atoms with van der Waals surface area (Å²) in [6.07, 6.45) is 3.06. The predicted octanol–water partition coefficient (Wildman–Crippen LogP) is 2.48. The molecule has 0 atom stereocenters. The van der Waals surface area contributed by atoms with E-state index in [9.17, 15) is 4.79 Å². The van der Waals surface area contributed by atoms with Crippen molar-refractivity contribution < 1.29 is 19.4 Å². The second-order valence-corrected chi connectivity index (χ2v) is 4.80. The van der Waals surface area contributed by atoms with E-state index in [4.69, 9.17) is 14.6 Å². The fourth-order valence-corrected chi connectivity index (χ4v) is 2.30. The SMILES string of the molecule is CCOC(=O)c1oc(-c2ccc3[nH]cc(C=N)c3c2)nc1C.O.